The van der Waals surface area contributed by atoms with Gasteiger partial charge in [-0.2, -0.15) is 15.0 Å². The van der Waals surface area contributed by atoms with Crippen LogP contribution in [-0.4, -0.2) is 19.4 Å². The normalized spacial score (nSPS) is 30.4. The second kappa shape index (κ2) is 7.84. The number of benzene rings is 1. The van der Waals surface area contributed by atoms with Gasteiger partial charge in [0.25, 0.3) is 0 Å². The molecule has 1 unspecified atom stereocenters. The molecule has 0 bridgehead atoms. The van der Waals surface area contributed by atoms with Crippen molar-refractivity contribution < 1.29 is 29.0 Å². The van der Waals surface area contributed by atoms with Crippen LogP contribution >= 0.6 is 0 Å². The van der Waals surface area contributed by atoms with Crippen LogP contribution in [0.25, 0.3) is 0 Å². The zero-order valence-electron chi connectivity index (χ0n) is 12.7. The Labute approximate surface area is 134 Å². The van der Waals surface area contributed by atoms with Crippen LogP contribution in [0, 0.1) is 11.3 Å². The lowest BCUT2D eigenvalue weighted by atomic mass is 10.1. The van der Waals surface area contributed by atoms with Crippen LogP contribution in [0.15, 0.2) is 30.3 Å². The minimum absolute atomic E-state index is 0.196. The molecule has 1 aromatic carbocycles. The van der Waals surface area contributed by atoms with Crippen LogP contribution in [0.1, 0.15) is 37.7 Å². The Morgan fingerprint density at radius 2 is 1.83 bits per heavy atom. The highest BCUT2D eigenvalue weighted by atomic mass is 17.3. The predicted molar refractivity (Wildman–Crippen MR) is 75.8 cm³/mol. The minimum Gasteiger partial charge on any atom is -0.320 e. The summed E-state index contributed by atoms with van der Waals surface area (Å²) >= 11 is 0. The SMILES string of the molecule is N#C[C@]1(c2ccccc2)OO[C@@H](CCCCCC2OCOO2)O1. The van der Waals surface area contributed by atoms with Gasteiger partial charge in [-0.1, -0.05) is 36.8 Å². The summed E-state index contributed by atoms with van der Waals surface area (Å²) in [5.41, 5.74) is 0.625. The van der Waals surface area contributed by atoms with E-state index in [0.717, 1.165) is 25.7 Å². The molecule has 7 heteroatoms. The van der Waals surface area contributed by atoms with Gasteiger partial charge in [0.05, 0.1) is 0 Å². The number of ether oxygens (including phenoxy) is 2. The first kappa shape index (κ1) is 16.3. The van der Waals surface area contributed by atoms with E-state index >= 15 is 0 Å². The van der Waals surface area contributed by atoms with Gasteiger partial charge in [0.1, 0.15) is 6.07 Å². The lowest BCUT2D eigenvalue weighted by molar-refractivity contribution is -0.320. The monoisotopic (exact) mass is 321 g/mol. The molecular formula is C16H19NO6. The maximum atomic E-state index is 9.40. The topological polar surface area (TPSA) is 79.2 Å². The van der Waals surface area contributed by atoms with E-state index in [0.29, 0.717) is 12.0 Å². The third kappa shape index (κ3) is 4.06. The first-order chi connectivity index (χ1) is 11.3. The third-order valence-corrected chi connectivity index (χ3v) is 3.73. The van der Waals surface area contributed by atoms with Crippen LogP contribution in [0.5, 0.6) is 0 Å². The van der Waals surface area contributed by atoms with E-state index in [1.54, 1.807) is 12.1 Å². The average molecular weight is 321 g/mol. The van der Waals surface area contributed by atoms with Gasteiger partial charge in [0.15, 0.2) is 19.4 Å². The fourth-order valence-electron chi connectivity index (χ4n) is 2.50. The van der Waals surface area contributed by atoms with Crippen molar-refractivity contribution in [3.63, 3.8) is 0 Å². The lowest BCUT2D eigenvalue weighted by Crippen LogP contribution is -2.26. The zero-order valence-corrected chi connectivity index (χ0v) is 12.7. The molecule has 7 nitrogen and oxygen atoms in total. The van der Waals surface area contributed by atoms with Crippen molar-refractivity contribution >= 4 is 0 Å². The van der Waals surface area contributed by atoms with Gasteiger partial charge in [0, 0.05) is 18.4 Å². The molecule has 0 spiro atoms. The average Bonchev–Trinajstić information content (AvgIpc) is 3.26. The van der Waals surface area contributed by atoms with Crippen LogP contribution in [-0.2, 0) is 34.8 Å². The first-order valence-electron chi connectivity index (χ1n) is 7.71. The molecule has 3 atom stereocenters. The van der Waals surface area contributed by atoms with E-state index in [-0.39, 0.29) is 13.1 Å². The highest BCUT2D eigenvalue weighted by Crippen LogP contribution is 2.36. The third-order valence-electron chi connectivity index (χ3n) is 3.73. The van der Waals surface area contributed by atoms with Gasteiger partial charge in [0.2, 0.25) is 0 Å². The van der Waals surface area contributed by atoms with E-state index in [2.05, 4.69) is 4.89 Å². The smallest absolute Gasteiger partial charge is 0.318 e. The second-order valence-corrected chi connectivity index (χ2v) is 5.39. The summed E-state index contributed by atoms with van der Waals surface area (Å²) < 4.78 is 10.9. The van der Waals surface area contributed by atoms with Crippen LogP contribution < -0.4 is 0 Å². The summed E-state index contributed by atoms with van der Waals surface area (Å²) in [5.74, 6) is -1.48. The van der Waals surface area contributed by atoms with E-state index in [1.807, 2.05) is 24.3 Å². The Morgan fingerprint density at radius 1 is 1.04 bits per heavy atom. The van der Waals surface area contributed by atoms with E-state index < -0.39 is 12.1 Å². The van der Waals surface area contributed by atoms with Gasteiger partial charge in [-0.05, 0) is 12.8 Å². The van der Waals surface area contributed by atoms with E-state index in [9.17, 15) is 5.26 Å². The second-order valence-electron chi connectivity index (χ2n) is 5.39. The summed E-state index contributed by atoms with van der Waals surface area (Å²) in [5, 5.41) is 9.40. The van der Waals surface area contributed by atoms with Gasteiger partial charge < -0.3 is 4.74 Å². The van der Waals surface area contributed by atoms with Crippen molar-refractivity contribution in [1.82, 2.24) is 0 Å². The lowest BCUT2D eigenvalue weighted by Gasteiger charge is -2.16. The van der Waals surface area contributed by atoms with Crippen molar-refractivity contribution in [3.8, 4) is 6.07 Å². The molecule has 2 fully saturated rings. The zero-order chi connectivity index (χ0) is 16.0. The standard InChI is InChI=1S/C16H19NO6/c17-11-16(13-7-3-1-4-8-13)20-15(22-23-16)10-6-2-5-9-14-18-12-19-21-14/h1,3-4,7-8,14-15H,2,5-6,9-10,12H2/t14?,15-,16+/m0/s1. The summed E-state index contributed by atoms with van der Waals surface area (Å²) in [6.07, 6.45) is 3.44. The number of unbranched alkanes of at least 4 members (excludes halogenated alkanes) is 2. The largest absolute Gasteiger partial charge is 0.320 e. The molecule has 0 aliphatic carbocycles. The first-order valence-corrected chi connectivity index (χ1v) is 7.71. The summed E-state index contributed by atoms with van der Waals surface area (Å²) in [7, 11) is 0. The molecule has 0 amide bonds. The molecule has 23 heavy (non-hydrogen) atoms. The van der Waals surface area contributed by atoms with Crippen molar-refractivity contribution in [2.75, 3.05) is 6.79 Å². The number of nitriles is 1. The van der Waals surface area contributed by atoms with Gasteiger partial charge >= 0.3 is 5.79 Å². The fraction of sp³-hybridized carbons (Fsp3) is 0.562. The highest BCUT2D eigenvalue weighted by molar-refractivity contribution is 5.26. The molecule has 0 N–H and O–H groups in total. The highest BCUT2D eigenvalue weighted by Gasteiger charge is 2.45. The van der Waals surface area contributed by atoms with Gasteiger partial charge in [-0.15, -0.1) is 0 Å². The quantitative estimate of drug-likeness (QED) is 0.564. The van der Waals surface area contributed by atoms with Gasteiger partial charge in [-0.3, -0.25) is 4.74 Å². The van der Waals surface area contributed by atoms with Crippen molar-refractivity contribution in [1.29, 1.82) is 5.26 Å². The summed E-state index contributed by atoms with van der Waals surface area (Å²) in [6.45, 7) is 0.196. The Morgan fingerprint density at radius 3 is 2.52 bits per heavy atom. The molecule has 2 aliphatic rings. The molecule has 124 valence electrons. The number of hydrogen-bond acceptors (Lipinski definition) is 7. The van der Waals surface area contributed by atoms with Crippen molar-refractivity contribution in [2.45, 2.75) is 50.5 Å². The molecule has 2 saturated heterocycles. The molecule has 2 aliphatic heterocycles. The van der Waals surface area contributed by atoms with Crippen LogP contribution in [0.3, 0.4) is 0 Å². The van der Waals surface area contributed by atoms with Crippen molar-refractivity contribution in [3.05, 3.63) is 35.9 Å². The molecule has 2 heterocycles. The van der Waals surface area contributed by atoms with Crippen LogP contribution in [0.4, 0.5) is 0 Å². The number of hydrogen-bond donors (Lipinski definition) is 0. The van der Waals surface area contributed by atoms with E-state index in [1.165, 1.54) is 0 Å². The van der Waals surface area contributed by atoms with Crippen molar-refractivity contribution in [2.24, 2.45) is 0 Å². The maximum absolute atomic E-state index is 9.40. The van der Waals surface area contributed by atoms with Crippen LogP contribution in [0.2, 0.25) is 0 Å². The van der Waals surface area contributed by atoms with Gasteiger partial charge in [-0.25, -0.2) is 9.78 Å². The van der Waals surface area contributed by atoms with E-state index in [4.69, 9.17) is 24.1 Å². The molecular weight excluding hydrogens is 302 g/mol. The maximum Gasteiger partial charge on any atom is 0.318 e. The molecule has 1 aromatic rings. The number of rotatable bonds is 7. The Kier molecular flexibility index (Phi) is 5.56. The molecule has 0 radical (unpaired) electrons. The summed E-state index contributed by atoms with van der Waals surface area (Å²) in [6, 6.07) is 11.1. The Balaban J connectivity index is 1.40. The Bertz CT molecular complexity index is 527. The minimum atomic E-state index is -1.48. The molecule has 0 aromatic heterocycles. The number of nitrogens with zero attached hydrogens (tertiary/aromatic N) is 1. The fourth-order valence-corrected chi connectivity index (χ4v) is 2.50. The predicted octanol–water partition coefficient (Wildman–Crippen LogP) is 2.88. The molecule has 3 rings (SSSR count). The molecule has 0 saturated carbocycles. The Hall–Kier alpha value is -1.53. The summed E-state index contributed by atoms with van der Waals surface area (Å²) in [4.78, 5) is 19.9.